The number of para-hydroxylation sites is 1. The summed E-state index contributed by atoms with van der Waals surface area (Å²) in [5.41, 5.74) is 1.03. The minimum Gasteiger partial charge on any atom is -0.496 e. The van der Waals surface area contributed by atoms with Gasteiger partial charge in [0.1, 0.15) is 18.0 Å². The Hall–Kier alpha value is -1.14. The smallest absolute Gasteiger partial charge is 0.184 e. The SMILES string of the molecule is COc1ccccc1CO[C@H]1C[C@@H](OC)[C@@H]2OC[C@H]1O2. The van der Waals surface area contributed by atoms with Gasteiger partial charge in [-0.05, 0) is 6.07 Å². The third kappa shape index (κ3) is 2.67. The zero-order chi connectivity index (χ0) is 13.9. The molecule has 2 aliphatic heterocycles. The molecule has 0 radical (unpaired) electrons. The first kappa shape index (κ1) is 13.8. The van der Waals surface area contributed by atoms with E-state index in [4.69, 9.17) is 23.7 Å². The highest BCUT2D eigenvalue weighted by Crippen LogP contribution is 2.32. The molecular weight excluding hydrogens is 260 g/mol. The van der Waals surface area contributed by atoms with Crippen molar-refractivity contribution in [2.24, 2.45) is 0 Å². The Kier molecular flexibility index (Phi) is 4.21. The first-order chi connectivity index (χ1) is 9.81. The number of benzene rings is 1. The van der Waals surface area contributed by atoms with Crippen molar-refractivity contribution in [3.63, 3.8) is 0 Å². The molecule has 0 aliphatic carbocycles. The van der Waals surface area contributed by atoms with Crippen LogP contribution in [-0.4, -0.2) is 45.4 Å². The molecule has 2 heterocycles. The van der Waals surface area contributed by atoms with Crippen molar-refractivity contribution in [3.05, 3.63) is 29.8 Å². The molecule has 2 saturated heterocycles. The van der Waals surface area contributed by atoms with Gasteiger partial charge in [0.15, 0.2) is 6.29 Å². The molecule has 1 aromatic carbocycles. The molecule has 3 rings (SSSR count). The van der Waals surface area contributed by atoms with E-state index in [1.54, 1.807) is 14.2 Å². The molecule has 0 amide bonds. The molecule has 2 aliphatic rings. The van der Waals surface area contributed by atoms with Crippen molar-refractivity contribution in [1.29, 1.82) is 0 Å². The largest absolute Gasteiger partial charge is 0.496 e. The van der Waals surface area contributed by atoms with Gasteiger partial charge in [0, 0.05) is 19.1 Å². The highest BCUT2D eigenvalue weighted by atomic mass is 16.7. The standard InChI is InChI=1S/C15H20O5/c1-16-11-6-4-3-5-10(11)8-18-12-7-13(17-2)15-19-9-14(12)20-15/h3-6,12-15H,7-9H2,1-2H3/t12-,13+,14+,15+/m0/s1. The molecule has 0 unspecified atom stereocenters. The van der Waals surface area contributed by atoms with Crippen molar-refractivity contribution in [2.75, 3.05) is 20.8 Å². The quantitative estimate of drug-likeness (QED) is 0.822. The summed E-state index contributed by atoms with van der Waals surface area (Å²) in [7, 11) is 3.34. The van der Waals surface area contributed by atoms with E-state index in [0.717, 1.165) is 17.7 Å². The Labute approximate surface area is 118 Å². The van der Waals surface area contributed by atoms with E-state index in [1.165, 1.54) is 0 Å². The van der Waals surface area contributed by atoms with Crippen LogP contribution in [0.3, 0.4) is 0 Å². The van der Waals surface area contributed by atoms with Gasteiger partial charge in [-0.3, -0.25) is 0 Å². The molecular formula is C15H20O5. The summed E-state index contributed by atoms with van der Waals surface area (Å²) in [6.45, 7) is 1.07. The second kappa shape index (κ2) is 6.10. The molecule has 5 nitrogen and oxygen atoms in total. The van der Waals surface area contributed by atoms with Crippen LogP contribution >= 0.6 is 0 Å². The predicted molar refractivity (Wildman–Crippen MR) is 71.6 cm³/mol. The maximum atomic E-state index is 6.01. The molecule has 0 spiro atoms. The summed E-state index contributed by atoms with van der Waals surface area (Å²) >= 11 is 0. The number of hydrogen-bond acceptors (Lipinski definition) is 5. The fourth-order valence-electron chi connectivity index (χ4n) is 2.72. The average molecular weight is 280 g/mol. The average Bonchev–Trinajstić information content (AvgIpc) is 2.91. The normalized spacial score (nSPS) is 32.3. The summed E-state index contributed by atoms with van der Waals surface area (Å²) in [4.78, 5) is 0. The Balaban J connectivity index is 1.63. The third-order valence-electron chi connectivity index (χ3n) is 3.86. The first-order valence-corrected chi connectivity index (χ1v) is 6.85. The van der Waals surface area contributed by atoms with Crippen molar-refractivity contribution in [3.8, 4) is 5.75 Å². The lowest BCUT2D eigenvalue weighted by Crippen LogP contribution is -2.44. The zero-order valence-corrected chi connectivity index (χ0v) is 11.8. The van der Waals surface area contributed by atoms with Crippen molar-refractivity contribution in [2.45, 2.75) is 37.6 Å². The van der Waals surface area contributed by atoms with E-state index < -0.39 is 0 Å². The van der Waals surface area contributed by atoms with Crippen LogP contribution in [0.5, 0.6) is 5.75 Å². The lowest BCUT2D eigenvalue weighted by atomic mass is 10.0. The van der Waals surface area contributed by atoms with Gasteiger partial charge in [-0.25, -0.2) is 0 Å². The molecule has 4 atom stereocenters. The number of rotatable bonds is 5. The Morgan fingerprint density at radius 2 is 2.05 bits per heavy atom. The first-order valence-electron chi connectivity index (χ1n) is 6.85. The van der Waals surface area contributed by atoms with Gasteiger partial charge in [-0.2, -0.15) is 0 Å². The minimum atomic E-state index is -0.240. The maximum absolute atomic E-state index is 6.01. The number of fused-ring (bicyclic) bond motifs is 2. The summed E-state index contributed by atoms with van der Waals surface area (Å²) in [6, 6.07) is 7.86. The summed E-state index contributed by atoms with van der Waals surface area (Å²) in [6.07, 6.45) is 0.485. The van der Waals surface area contributed by atoms with Crippen LogP contribution in [0.4, 0.5) is 0 Å². The van der Waals surface area contributed by atoms with E-state index >= 15 is 0 Å². The molecule has 0 N–H and O–H groups in total. The van der Waals surface area contributed by atoms with Crippen LogP contribution in [0.25, 0.3) is 0 Å². The molecule has 0 aromatic heterocycles. The molecule has 1 aromatic rings. The molecule has 0 saturated carbocycles. The van der Waals surface area contributed by atoms with Crippen molar-refractivity contribution in [1.82, 2.24) is 0 Å². The van der Waals surface area contributed by atoms with Crippen molar-refractivity contribution >= 4 is 0 Å². The lowest BCUT2D eigenvalue weighted by molar-refractivity contribution is -0.201. The van der Waals surface area contributed by atoms with Gasteiger partial charge in [0.25, 0.3) is 0 Å². The predicted octanol–water partition coefficient (Wildman–Crippen LogP) is 1.74. The maximum Gasteiger partial charge on any atom is 0.184 e. The van der Waals surface area contributed by atoms with Crippen LogP contribution in [-0.2, 0) is 25.6 Å². The van der Waals surface area contributed by atoms with Crippen LogP contribution < -0.4 is 4.74 Å². The zero-order valence-electron chi connectivity index (χ0n) is 11.8. The topological polar surface area (TPSA) is 46.2 Å². The Morgan fingerprint density at radius 3 is 2.85 bits per heavy atom. The van der Waals surface area contributed by atoms with Gasteiger partial charge in [-0.1, -0.05) is 18.2 Å². The Bertz CT molecular complexity index is 450. The van der Waals surface area contributed by atoms with Crippen LogP contribution in [0, 0.1) is 0 Å². The van der Waals surface area contributed by atoms with E-state index in [-0.39, 0.29) is 24.6 Å². The molecule has 2 bridgehead atoms. The molecule has 2 fully saturated rings. The summed E-state index contributed by atoms with van der Waals surface area (Å²) in [5.74, 6) is 0.841. The van der Waals surface area contributed by atoms with Gasteiger partial charge >= 0.3 is 0 Å². The summed E-state index contributed by atoms with van der Waals surface area (Å²) < 4.78 is 28.0. The fourth-order valence-corrected chi connectivity index (χ4v) is 2.72. The van der Waals surface area contributed by atoms with E-state index in [9.17, 15) is 0 Å². The van der Waals surface area contributed by atoms with Gasteiger partial charge in [0.2, 0.25) is 0 Å². The third-order valence-corrected chi connectivity index (χ3v) is 3.86. The van der Waals surface area contributed by atoms with Gasteiger partial charge in [-0.15, -0.1) is 0 Å². The van der Waals surface area contributed by atoms with Crippen LogP contribution in [0.1, 0.15) is 12.0 Å². The number of hydrogen-bond donors (Lipinski definition) is 0. The molecule has 20 heavy (non-hydrogen) atoms. The second-order valence-corrected chi connectivity index (χ2v) is 5.05. The van der Waals surface area contributed by atoms with Gasteiger partial charge in [0.05, 0.1) is 26.4 Å². The Morgan fingerprint density at radius 1 is 1.20 bits per heavy atom. The highest BCUT2D eigenvalue weighted by molar-refractivity contribution is 5.32. The monoisotopic (exact) mass is 280 g/mol. The van der Waals surface area contributed by atoms with E-state index in [1.807, 2.05) is 24.3 Å². The molecule has 5 heteroatoms. The number of ether oxygens (including phenoxy) is 5. The molecule has 110 valence electrons. The highest BCUT2D eigenvalue weighted by Gasteiger charge is 2.44. The second-order valence-electron chi connectivity index (χ2n) is 5.05. The van der Waals surface area contributed by atoms with Crippen molar-refractivity contribution < 1.29 is 23.7 Å². The number of methoxy groups -OCH3 is 2. The fraction of sp³-hybridized carbons (Fsp3) is 0.600. The lowest BCUT2D eigenvalue weighted by Gasteiger charge is -2.32. The van der Waals surface area contributed by atoms with Crippen LogP contribution in [0.2, 0.25) is 0 Å². The van der Waals surface area contributed by atoms with E-state index in [0.29, 0.717) is 13.2 Å². The van der Waals surface area contributed by atoms with Crippen LogP contribution in [0.15, 0.2) is 24.3 Å². The summed E-state index contributed by atoms with van der Waals surface area (Å²) in [5, 5.41) is 0. The van der Waals surface area contributed by atoms with Gasteiger partial charge < -0.3 is 23.7 Å². The minimum absolute atomic E-state index is 0.00103. The van der Waals surface area contributed by atoms with E-state index in [2.05, 4.69) is 0 Å².